The first kappa shape index (κ1) is 15.9. The van der Waals surface area contributed by atoms with Crippen LogP contribution in [0.3, 0.4) is 0 Å². The number of carbonyl (C=O) groups excluding carboxylic acids is 1. The van der Waals surface area contributed by atoms with Crippen molar-refractivity contribution >= 4 is 17.3 Å². The third-order valence-electron chi connectivity index (χ3n) is 3.44. The van der Waals surface area contributed by atoms with E-state index >= 15 is 0 Å². The first-order chi connectivity index (χ1) is 10.7. The Balaban J connectivity index is 1.80. The Kier molecular flexibility index (Phi) is 5.83. The molecule has 4 nitrogen and oxygen atoms in total. The van der Waals surface area contributed by atoms with Crippen molar-refractivity contribution in [1.82, 2.24) is 0 Å². The normalized spacial score (nSPS) is 10.1. The van der Waals surface area contributed by atoms with Crippen LogP contribution in [0.1, 0.15) is 18.9 Å². The number of hydrogen-bond acceptors (Lipinski definition) is 3. The first-order valence-electron chi connectivity index (χ1n) is 7.48. The summed E-state index contributed by atoms with van der Waals surface area (Å²) in [4.78, 5) is 11.9. The highest BCUT2D eigenvalue weighted by Gasteiger charge is 2.04. The van der Waals surface area contributed by atoms with Gasteiger partial charge in [-0.15, -0.1) is 0 Å². The molecule has 0 bridgehead atoms. The number of ether oxygens (including phenoxy) is 1. The van der Waals surface area contributed by atoms with Crippen molar-refractivity contribution in [2.75, 3.05) is 24.3 Å². The number of amides is 1. The van der Waals surface area contributed by atoms with Gasteiger partial charge in [0.25, 0.3) is 0 Å². The minimum atomic E-state index is -0.00773. The van der Waals surface area contributed by atoms with Crippen molar-refractivity contribution in [3.8, 4) is 5.75 Å². The van der Waals surface area contributed by atoms with Crippen molar-refractivity contribution < 1.29 is 9.53 Å². The molecule has 0 spiro atoms. The molecular formula is C18H22N2O2. The molecule has 2 N–H and O–H groups in total. The number of methoxy groups -OCH3 is 1. The maximum absolute atomic E-state index is 11.9. The third kappa shape index (κ3) is 4.52. The van der Waals surface area contributed by atoms with E-state index in [1.54, 1.807) is 7.11 Å². The largest absolute Gasteiger partial charge is 0.497 e. The minimum Gasteiger partial charge on any atom is -0.497 e. The molecule has 0 aliphatic rings. The van der Waals surface area contributed by atoms with Gasteiger partial charge in [-0.1, -0.05) is 25.1 Å². The number of nitrogens with one attached hydrogen (secondary N) is 2. The Labute approximate surface area is 131 Å². The summed E-state index contributed by atoms with van der Waals surface area (Å²) >= 11 is 0. The van der Waals surface area contributed by atoms with E-state index in [1.165, 1.54) is 5.56 Å². The van der Waals surface area contributed by atoms with Crippen LogP contribution in [0.2, 0.25) is 0 Å². The van der Waals surface area contributed by atoms with E-state index in [1.807, 2.05) is 42.5 Å². The first-order valence-corrected chi connectivity index (χ1v) is 7.48. The van der Waals surface area contributed by atoms with Crippen LogP contribution in [0.4, 0.5) is 11.4 Å². The standard InChI is InChI=1S/C18H22N2O2/c1-3-14-6-4-5-7-17(14)19-13-12-18(21)20-15-8-10-16(22-2)11-9-15/h4-11,19H,3,12-13H2,1-2H3,(H,20,21). The minimum absolute atomic E-state index is 0.00773. The lowest BCUT2D eigenvalue weighted by Gasteiger charge is -2.11. The molecule has 2 aromatic rings. The van der Waals surface area contributed by atoms with Crippen LogP contribution in [0.25, 0.3) is 0 Å². The van der Waals surface area contributed by atoms with E-state index in [0.29, 0.717) is 13.0 Å². The van der Waals surface area contributed by atoms with Crippen molar-refractivity contribution in [1.29, 1.82) is 0 Å². The number of carbonyl (C=O) groups is 1. The summed E-state index contributed by atoms with van der Waals surface area (Å²) in [5.41, 5.74) is 3.14. The van der Waals surface area contributed by atoms with Crippen molar-refractivity contribution in [2.45, 2.75) is 19.8 Å². The van der Waals surface area contributed by atoms with Crippen molar-refractivity contribution in [2.24, 2.45) is 0 Å². The number of para-hydroxylation sites is 1. The molecule has 0 atom stereocenters. The Morgan fingerprint density at radius 1 is 1.09 bits per heavy atom. The zero-order chi connectivity index (χ0) is 15.8. The Hall–Kier alpha value is -2.49. The zero-order valence-corrected chi connectivity index (χ0v) is 13.1. The van der Waals surface area contributed by atoms with Crippen LogP contribution in [0.15, 0.2) is 48.5 Å². The van der Waals surface area contributed by atoms with Crippen molar-refractivity contribution in [3.63, 3.8) is 0 Å². The quantitative estimate of drug-likeness (QED) is 0.819. The Bertz CT molecular complexity index is 609. The van der Waals surface area contributed by atoms with Gasteiger partial charge in [-0.2, -0.15) is 0 Å². The highest BCUT2D eigenvalue weighted by Crippen LogP contribution is 2.16. The van der Waals surface area contributed by atoms with Crippen LogP contribution in [-0.2, 0) is 11.2 Å². The summed E-state index contributed by atoms with van der Waals surface area (Å²) in [7, 11) is 1.62. The molecule has 0 unspecified atom stereocenters. The second kappa shape index (κ2) is 8.08. The summed E-state index contributed by atoms with van der Waals surface area (Å²) in [6, 6.07) is 15.5. The van der Waals surface area contributed by atoms with Gasteiger partial charge in [0.05, 0.1) is 7.11 Å². The molecule has 0 aromatic heterocycles. The number of rotatable bonds is 7. The fraction of sp³-hybridized carbons (Fsp3) is 0.278. The third-order valence-corrected chi connectivity index (χ3v) is 3.44. The monoisotopic (exact) mass is 298 g/mol. The molecular weight excluding hydrogens is 276 g/mol. The van der Waals surface area contributed by atoms with Crippen LogP contribution in [0, 0.1) is 0 Å². The fourth-order valence-electron chi connectivity index (χ4n) is 2.21. The number of anilines is 2. The molecule has 0 heterocycles. The van der Waals surface area contributed by atoms with Gasteiger partial charge in [0.15, 0.2) is 0 Å². The second-order valence-corrected chi connectivity index (χ2v) is 4.96. The van der Waals surface area contributed by atoms with Crippen LogP contribution >= 0.6 is 0 Å². The lowest BCUT2D eigenvalue weighted by atomic mass is 10.1. The second-order valence-electron chi connectivity index (χ2n) is 4.96. The lowest BCUT2D eigenvalue weighted by molar-refractivity contribution is -0.115. The summed E-state index contributed by atoms with van der Waals surface area (Å²) in [5, 5.41) is 6.19. The SMILES string of the molecule is CCc1ccccc1NCCC(=O)Nc1ccc(OC)cc1. The van der Waals surface area contributed by atoms with E-state index in [9.17, 15) is 4.79 Å². The molecule has 0 aliphatic carbocycles. The van der Waals surface area contributed by atoms with Crippen LogP contribution in [-0.4, -0.2) is 19.6 Å². The van der Waals surface area contributed by atoms with E-state index in [2.05, 4.69) is 23.6 Å². The average Bonchev–Trinajstić information content (AvgIpc) is 2.56. The summed E-state index contributed by atoms with van der Waals surface area (Å²) in [6.07, 6.45) is 1.39. The molecule has 116 valence electrons. The summed E-state index contributed by atoms with van der Waals surface area (Å²) < 4.78 is 5.09. The van der Waals surface area contributed by atoms with E-state index in [4.69, 9.17) is 4.74 Å². The predicted octanol–water partition coefficient (Wildman–Crippen LogP) is 3.70. The Morgan fingerprint density at radius 2 is 1.82 bits per heavy atom. The molecule has 2 rings (SSSR count). The maximum Gasteiger partial charge on any atom is 0.226 e. The molecule has 0 fully saturated rings. The van der Waals surface area contributed by atoms with E-state index in [-0.39, 0.29) is 5.91 Å². The smallest absolute Gasteiger partial charge is 0.226 e. The van der Waals surface area contributed by atoms with Gasteiger partial charge in [0, 0.05) is 24.3 Å². The van der Waals surface area contributed by atoms with E-state index < -0.39 is 0 Å². The highest BCUT2D eigenvalue weighted by atomic mass is 16.5. The lowest BCUT2D eigenvalue weighted by Crippen LogP contribution is -2.16. The van der Waals surface area contributed by atoms with Crippen LogP contribution in [0.5, 0.6) is 5.75 Å². The molecule has 22 heavy (non-hydrogen) atoms. The molecule has 0 saturated carbocycles. The molecule has 0 aliphatic heterocycles. The zero-order valence-electron chi connectivity index (χ0n) is 13.1. The highest BCUT2D eigenvalue weighted by molar-refractivity contribution is 5.91. The number of aryl methyl sites for hydroxylation is 1. The predicted molar refractivity (Wildman–Crippen MR) is 90.6 cm³/mol. The maximum atomic E-state index is 11.9. The summed E-state index contributed by atoms with van der Waals surface area (Å²) in [5.74, 6) is 0.766. The molecule has 4 heteroatoms. The average molecular weight is 298 g/mol. The van der Waals surface area contributed by atoms with E-state index in [0.717, 1.165) is 23.5 Å². The molecule has 2 aromatic carbocycles. The number of hydrogen-bond donors (Lipinski definition) is 2. The fourth-order valence-corrected chi connectivity index (χ4v) is 2.21. The topological polar surface area (TPSA) is 50.4 Å². The van der Waals surface area contributed by atoms with Gasteiger partial charge >= 0.3 is 0 Å². The molecule has 0 radical (unpaired) electrons. The number of benzene rings is 2. The van der Waals surface area contributed by atoms with Gasteiger partial charge in [-0.3, -0.25) is 4.79 Å². The Morgan fingerprint density at radius 3 is 2.50 bits per heavy atom. The van der Waals surface area contributed by atoms with Gasteiger partial charge in [-0.25, -0.2) is 0 Å². The van der Waals surface area contributed by atoms with Crippen LogP contribution < -0.4 is 15.4 Å². The van der Waals surface area contributed by atoms with Crippen molar-refractivity contribution in [3.05, 3.63) is 54.1 Å². The molecule has 0 saturated heterocycles. The molecule has 1 amide bonds. The van der Waals surface area contributed by atoms with Gasteiger partial charge in [0.2, 0.25) is 5.91 Å². The van der Waals surface area contributed by atoms with Gasteiger partial charge in [0.1, 0.15) is 5.75 Å². The van der Waals surface area contributed by atoms with Gasteiger partial charge in [-0.05, 0) is 42.3 Å². The summed E-state index contributed by atoms with van der Waals surface area (Å²) in [6.45, 7) is 2.73. The van der Waals surface area contributed by atoms with Gasteiger partial charge < -0.3 is 15.4 Å².